The van der Waals surface area contributed by atoms with E-state index in [1.807, 2.05) is 0 Å². The summed E-state index contributed by atoms with van der Waals surface area (Å²) in [6.45, 7) is 7.34. The van der Waals surface area contributed by atoms with Crippen molar-refractivity contribution < 1.29 is 9.53 Å². The fourth-order valence-electron chi connectivity index (χ4n) is 4.28. The van der Waals surface area contributed by atoms with E-state index in [0.717, 1.165) is 6.42 Å². The molecule has 2 aliphatic carbocycles. The third-order valence-corrected chi connectivity index (χ3v) is 7.16. The van der Waals surface area contributed by atoms with Crippen LogP contribution in [0.2, 0.25) is 0 Å². The van der Waals surface area contributed by atoms with Crippen LogP contribution in [-0.4, -0.2) is 21.4 Å². The summed E-state index contributed by atoms with van der Waals surface area (Å²) in [5, 5.41) is 0. The lowest BCUT2D eigenvalue weighted by atomic mass is 9.52. The molecule has 0 spiro atoms. The number of carbonyl (C=O) groups is 1. The van der Waals surface area contributed by atoms with Crippen molar-refractivity contribution in [3.63, 3.8) is 0 Å². The predicted octanol–water partition coefficient (Wildman–Crippen LogP) is 3.36. The summed E-state index contributed by atoms with van der Waals surface area (Å²) >= 11 is 2.40. The first kappa shape index (κ1) is 12.4. The summed E-state index contributed by atoms with van der Waals surface area (Å²) in [4.78, 5) is 12.5. The maximum atomic E-state index is 12.5. The summed E-state index contributed by atoms with van der Waals surface area (Å²) in [6.07, 6.45) is 4.41. The Kier molecular flexibility index (Phi) is 2.53. The maximum Gasteiger partial charge on any atom is 0.151 e. The molecule has 2 nitrogen and oxygen atoms in total. The Balaban J connectivity index is 2.03. The third-order valence-electron chi connectivity index (χ3n) is 5.44. The number of hydrogen-bond donors (Lipinski definition) is 0. The van der Waals surface area contributed by atoms with E-state index in [4.69, 9.17) is 4.74 Å². The van der Waals surface area contributed by atoms with Gasteiger partial charge in [0.1, 0.15) is 3.42 Å². The number of rotatable bonds is 0. The van der Waals surface area contributed by atoms with Gasteiger partial charge in [0.15, 0.2) is 5.78 Å². The van der Waals surface area contributed by atoms with Gasteiger partial charge in [0.25, 0.3) is 0 Å². The Labute approximate surface area is 117 Å². The molecule has 4 atom stereocenters. The van der Waals surface area contributed by atoms with E-state index in [2.05, 4.69) is 43.4 Å². The van der Waals surface area contributed by atoms with Gasteiger partial charge in [-0.25, -0.2) is 0 Å². The zero-order valence-corrected chi connectivity index (χ0v) is 13.0. The van der Waals surface area contributed by atoms with Crippen molar-refractivity contribution in [2.75, 3.05) is 6.61 Å². The van der Waals surface area contributed by atoms with Crippen LogP contribution < -0.4 is 0 Å². The Hall–Kier alpha value is 0.360. The van der Waals surface area contributed by atoms with E-state index in [-0.39, 0.29) is 14.4 Å². The molecule has 0 aromatic rings. The monoisotopic (exact) mass is 348 g/mol. The van der Waals surface area contributed by atoms with Crippen LogP contribution in [-0.2, 0) is 9.53 Å². The number of Topliss-reactive ketones (excluding diaryl/α,β-unsaturated/α-hetero) is 1. The topological polar surface area (TPSA) is 26.3 Å². The van der Waals surface area contributed by atoms with Crippen LogP contribution in [0, 0.1) is 17.3 Å². The van der Waals surface area contributed by atoms with Crippen molar-refractivity contribution in [3.8, 4) is 0 Å². The van der Waals surface area contributed by atoms with Crippen LogP contribution >= 0.6 is 22.6 Å². The average Bonchev–Trinajstić information content (AvgIpc) is 2.22. The van der Waals surface area contributed by atoms with Crippen LogP contribution in [0.5, 0.6) is 0 Å². The largest absolute Gasteiger partial charge is 0.373 e. The standard InChI is InChI=1S/C14H21IO2/c1-12(2)9-4-5-13(3)6-10(9)14(15,8-17-12)11(16)7-13/h9-10H,4-8H2,1-3H3/t9?,10-,13-,14-/m0/s1. The molecule has 0 aromatic carbocycles. The smallest absolute Gasteiger partial charge is 0.151 e. The highest BCUT2D eigenvalue weighted by Gasteiger charge is 2.62. The van der Waals surface area contributed by atoms with Crippen molar-refractivity contribution in [1.29, 1.82) is 0 Å². The van der Waals surface area contributed by atoms with Gasteiger partial charge in [-0.1, -0.05) is 29.5 Å². The molecule has 1 aliphatic heterocycles. The zero-order chi connectivity index (χ0) is 12.5. The second-order valence-corrected chi connectivity index (χ2v) is 9.05. The van der Waals surface area contributed by atoms with Crippen LogP contribution in [0.15, 0.2) is 0 Å². The molecule has 2 saturated carbocycles. The Bertz CT molecular complexity index is 378. The van der Waals surface area contributed by atoms with E-state index in [0.29, 0.717) is 24.2 Å². The lowest BCUT2D eigenvalue weighted by Crippen LogP contribution is -2.64. The lowest BCUT2D eigenvalue weighted by molar-refractivity contribution is -0.179. The van der Waals surface area contributed by atoms with Crippen LogP contribution in [0.25, 0.3) is 0 Å². The van der Waals surface area contributed by atoms with Gasteiger partial charge in [-0.05, 0) is 50.4 Å². The molecule has 1 heterocycles. The summed E-state index contributed by atoms with van der Waals surface area (Å²) in [5.74, 6) is 1.54. The van der Waals surface area contributed by atoms with Gasteiger partial charge >= 0.3 is 0 Å². The molecule has 3 rings (SSSR count). The first-order valence-electron chi connectivity index (χ1n) is 6.63. The summed E-state index contributed by atoms with van der Waals surface area (Å²) < 4.78 is 5.82. The van der Waals surface area contributed by atoms with Gasteiger partial charge in [0.2, 0.25) is 0 Å². The number of halogens is 1. The van der Waals surface area contributed by atoms with E-state index in [1.165, 1.54) is 19.3 Å². The highest BCUT2D eigenvalue weighted by Crippen LogP contribution is 2.61. The molecule has 0 radical (unpaired) electrons. The van der Waals surface area contributed by atoms with Crippen LogP contribution in [0.3, 0.4) is 0 Å². The van der Waals surface area contributed by atoms with Crippen molar-refractivity contribution in [2.24, 2.45) is 17.3 Å². The number of fused-ring (bicyclic) bond motifs is 1. The Morgan fingerprint density at radius 2 is 2.00 bits per heavy atom. The normalized spacial score (nSPS) is 52.4. The first-order valence-corrected chi connectivity index (χ1v) is 7.71. The minimum absolute atomic E-state index is 0.0434. The van der Waals surface area contributed by atoms with E-state index >= 15 is 0 Å². The minimum atomic E-state index is -0.224. The second-order valence-electron chi connectivity index (χ2n) is 7.12. The molecule has 0 aromatic heterocycles. The van der Waals surface area contributed by atoms with Gasteiger partial charge in [-0.3, -0.25) is 4.79 Å². The second kappa shape index (κ2) is 3.47. The quantitative estimate of drug-likeness (QED) is 0.496. The predicted molar refractivity (Wildman–Crippen MR) is 75.3 cm³/mol. The highest BCUT2D eigenvalue weighted by atomic mass is 127. The first-order chi connectivity index (χ1) is 7.77. The van der Waals surface area contributed by atoms with Gasteiger partial charge < -0.3 is 4.74 Å². The lowest BCUT2D eigenvalue weighted by Gasteiger charge is -2.60. The number of hydrogen-bond acceptors (Lipinski definition) is 2. The molecule has 17 heavy (non-hydrogen) atoms. The van der Waals surface area contributed by atoms with Gasteiger partial charge in [-0.15, -0.1) is 0 Å². The zero-order valence-electron chi connectivity index (χ0n) is 10.9. The molecular weight excluding hydrogens is 327 g/mol. The van der Waals surface area contributed by atoms with Crippen molar-refractivity contribution in [2.45, 2.75) is 55.5 Å². The molecule has 3 fully saturated rings. The summed E-state index contributed by atoms with van der Waals surface area (Å²) in [6, 6.07) is 0. The van der Waals surface area contributed by atoms with Crippen molar-refractivity contribution in [3.05, 3.63) is 0 Å². The van der Waals surface area contributed by atoms with Crippen molar-refractivity contribution >= 4 is 28.4 Å². The van der Waals surface area contributed by atoms with Crippen molar-refractivity contribution in [1.82, 2.24) is 0 Å². The Morgan fingerprint density at radius 1 is 1.29 bits per heavy atom. The fourth-order valence-corrected chi connectivity index (χ4v) is 5.28. The van der Waals surface area contributed by atoms with Gasteiger partial charge in [-0.2, -0.15) is 0 Å². The van der Waals surface area contributed by atoms with Crippen LogP contribution in [0.4, 0.5) is 0 Å². The molecular formula is C14H21IO2. The Morgan fingerprint density at radius 3 is 2.71 bits per heavy atom. The molecule has 2 bridgehead atoms. The molecule has 0 N–H and O–H groups in total. The average molecular weight is 348 g/mol. The number of ketones is 1. The van der Waals surface area contributed by atoms with Gasteiger partial charge in [0, 0.05) is 6.42 Å². The summed E-state index contributed by atoms with van der Waals surface area (Å²) in [7, 11) is 0. The molecule has 3 heteroatoms. The van der Waals surface area contributed by atoms with E-state index in [9.17, 15) is 4.79 Å². The fraction of sp³-hybridized carbons (Fsp3) is 0.929. The number of alkyl halides is 1. The minimum Gasteiger partial charge on any atom is -0.373 e. The van der Waals surface area contributed by atoms with E-state index in [1.54, 1.807) is 0 Å². The maximum absolute atomic E-state index is 12.5. The molecule has 96 valence electrons. The van der Waals surface area contributed by atoms with Gasteiger partial charge in [0.05, 0.1) is 12.2 Å². The van der Waals surface area contributed by atoms with E-state index < -0.39 is 0 Å². The van der Waals surface area contributed by atoms with Crippen LogP contribution in [0.1, 0.15) is 46.5 Å². The number of ether oxygens (including phenoxy) is 1. The number of carbonyl (C=O) groups excluding carboxylic acids is 1. The molecule has 1 unspecified atom stereocenters. The molecule has 0 amide bonds. The highest BCUT2D eigenvalue weighted by molar-refractivity contribution is 14.1. The molecule has 1 saturated heterocycles. The SMILES string of the molecule is CC1(C)OC[C@@]2(I)C(=O)C[C@@]3(C)CCC1[C@@H]2C3. The molecule has 3 aliphatic rings. The summed E-state index contributed by atoms with van der Waals surface area (Å²) in [5.41, 5.74) is 0.235. The third kappa shape index (κ3) is 1.64.